The molecule has 24 heavy (non-hydrogen) atoms. The first-order valence-corrected chi connectivity index (χ1v) is 8.80. The second kappa shape index (κ2) is 6.06. The molecule has 1 aromatic carbocycles. The van der Waals surface area contributed by atoms with Crippen LogP contribution < -0.4 is 5.56 Å². The second-order valence-electron chi connectivity index (χ2n) is 6.93. The Bertz CT molecular complexity index is 838. The van der Waals surface area contributed by atoms with Gasteiger partial charge in [-0.15, -0.1) is 0 Å². The van der Waals surface area contributed by atoms with Crippen LogP contribution in [0.25, 0.3) is 10.9 Å². The maximum Gasteiger partial charge on any atom is 0.251 e. The van der Waals surface area contributed by atoms with Gasteiger partial charge in [-0.05, 0) is 42.3 Å². The van der Waals surface area contributed by atoms with E-state index < -0.39 is 0 Å². The molecule has 1 saturated carbocycles. The lowest BCUT2D eigenvalue weighted by Gasteiger charge is -2.34. The van der Waals surface area contributed by atoms with Crippen molar-refractivity contribution >= 4 is 16.8 Å². The van der Waals surface area contributed by atoms with Crippen molar-refractivity contribution in [1.82, 2.24) is 14.8 Å². The molecule has 1 amide bonds. The van der Waals surface area contributed by atoms with Gasteiger partial charge in [-0.3, -0.25) is 14.5 Å². The normalized spacial score (nSPS) is 19.2. The third-order valence-electron chi connectivity index (χ3n) is 5.10. The number of hydrogen-bond donors (Lipinski definition) is 1. The molecule has 1 N–H and O–H groups in total. The summed E-state index contributed by atoms with van der Waals surface area (Å²) in [5.41, 5.74) is 2.82. The highest BCUT2D eigenvalue weighted by Gasteiger charge is 2.35. The average molecular weight is 325 g/mol. The first-order chi connectivity index (χ1) is 11.6. The summed E-state index contributed by atoms with van der Waals surface area (Å²) < 4.78 is 0. The SMILES string of the molecule is CCc1cc2ccc(CN3CCN(C4CC4)C(=O)C3)cc2[nH]c1=O. The smallest absolute Gasteiger partial charge is 0.251 e. The van der Waals surface area contributed by atoms with Crippen LogP contribution >= 0.6 is 0 Å². The number of nitrogens with one attached hydrogen (secondary N) is 1. The number of piperazine rings is 1. The van der Waals surface area contributed by atoms with Crippen LogP contribution in [0.1, 0.15) is 30.9 Å². The molecule has 4 rings (SSSR count). The number of nitrogens with zero attached hydrogens (tertiary/aromatic N) is 2. The third kappa shape index (κ3) is 2.96. The molecule has 0 atom stereocenters. The summed E-state index contributed by atoms with van der Waals surface area (Å²) in [4.78, 5) is 31.5. The lowest BCUT2D eigenvalue weighted by molar-refractivity contribution is -0.136. The van der Waals surface area contributed by atoms with Crippen LogP contribution in [-0.4, -0.2) is 46.4 Å². The lowest BCUT2D eigenvalue weighted by atomic mass is 10.1. The Morgan fingerprint density at radius 1 is 1.17 bits per heavy atom. The number of amides is 1. The van der Waals surface area contributed by atoms with Gasteiger partial charge in [0.05, 0.1) is 6.54 Å². The van der Waals surface area contributed by atoms with Crippen molar-refractivity contribution in [3.8, 4) is 0 Å². The van der Waals surface area contributed by atoms with Crippen LogP contribution in [0.15, 0.2) is 29.1 Å². The molecule has 1 aliphatic carbocycles. The number of hydrogen-bond acceptors (Lipinski definition) is 3. The summed E-state index contributed by atoms with van der Waals surface area (Å²) in [5, 5.41) is 1.06. The largest absolute Gasteiger partial charge is 0.337 e. The van der Waals surface area contributed by atoms with Gasteiger partial charge in [0, 0.05) is 36.8 Å². The number of rotatable bonds is 4. The summed E-state index contributed by atoms with van der Waals surface area (Å²) >= 11 is 0. The summed E-state index contributed by atoms with van der Waals surface area (Å²) in [6.07, 6.45) is 3.08. The van der Waals surface area contributed by atoms with Crippen molar-refractivity contribution in [3.05, 3.63) is 45.7 Å². The van der Waals surface area contributed by atoms with Crippen LogP contribution in [0.4, 0.5) is 0 Å². The minimum Gasteiger partial charge on any atom is -0.337 e. The van der Waals surface area contributed by atoms with Crippen LogP contribution in [-0.2, 0) is 17.8 Å². The molecular formula is C19H23N3O2. The van der Waals surface area contributed by atoms with Gasteiger partial charge >= 0.3 is 0 Å². The molecule has 2 heterocycles. The zero-order chi connectivity index (χ0) is 16.7. The fourth-order valence-corrected chi connectivity index (χ4v) is 3.55. The van der Waals surface area contributed by atoms with Gasteiger partial charge in [-0.1, -0.05) is 19.1 Å². The molecule has 5 heteroatoms. The Kier molecular flexibility index (Phi) is 3.88. The minimum atomic E-state index is -0.00428. The van der Waals surface area contributed by atoms with E-state index in [9.17, 15) is 9.59 Å². The average Bonchev–Trinajstić information content (AvgIpc) is 3.39. The quantitative estimate of drug-likeness (QED) is 0.934. The van der Waals surface area contributed by atoms with Crippen LogP contribution in [0.2, 0.25) is 0 Å². The van der Waals surface area contributed by atoms with E-state index in [1.165, 1.54) is 12.8 Å². The standard InChI is InChI=1S/C19H23N3O2/c1-2-14-10-15-4-3-13(9-17(15)20-19(14)24)11-21-7-8-22(16-5-6-16)18(23)12-21/h3-4,9-10,16H,2,5-8,11-12H2,1H3,(H,20,24). The topological polar surface area (TPSA) is 56.4 Å². The predicted octanol–water partition coefficient (Wildman–Crippen LogP) is 1.90. The van der Waals surface area contributed by atoms with Crippen LogP contribution in [0, 0.1) is 0 Å². The molecular weight excluding hydrogens is 302 g/mol. The highest BCUT2D eigenvalue weighted by molar-refractivity contribution is 5.80. The first kappa shape index (κ1) is 15.4. The highest BCUT2D eigenvalue weighted by Crippen LogP contribution is 2.28. The van der Waals surface area contributed by atoms with Crippen molar-refractivity contribution < 1.29 is 4.79 Å². The zero-order valence-corrected chi connectivity index (χ0v) is 14.0. The van der Waals surface area contributed by atoms with E-state index >= 15 is 0 Å². The van der Waals surface area contributed by atoms with Crippen molar-refractivity contribution in [2.45, 2.75) is 38.8 Å². The van der Waals surface area contributed by atoms with Gasteiger partial charge in [0.25, 0.3) is 5.56 Å². The first-order valence-electron chi connectivity index (χ1n) is 8.80. The molecule has 1 aromatic heterocycles. The number of benzene rings is 1. The fourth-order valence-electron chi connectivity index (χ4n) is 3.55. The number of aromatic nitrogens is 1. The van der Waals surface area contributed by atoms with Crippen molar-refractivity contribution in [1.29, 1.82) is 0 Å². The summed E-state index contributed by atoms with van der Waals surface area (Å²) in [6, 6.07) is 8.67. The summed E-state index contributed by atoms with van der Waals surface area (Å²) in [5.74, 6) is 0.255. The monoisotopic (exact) mass is 325 g/mol. The number of carbonyl (C=O) groups excluding carboxylic acids is 1. The number of aromatic amines is 1. The Balaban J connectivity index is 1.50. The van der Waals surface area contributed by atoms with E-state index in [1.807, 2.05) is 24.0 Å². The fraction of sp³-hybridized carbons (Fsp3) is 0.474. The molecule has 1 aliphatic heterocycles. The van der Waals surface area contributed by atoms with E-state index in [0.29, 0.717) is 12.6 Å². The third-order valence-corrected chi connectivity index (χ3v) is 5.10. The van der Waals surface area contributed by atoms with E-state index in [4.69, 9.17) is 0 Å². The minimum absolute atomic E-state index is 0.00428. The van der Waals surface area contributed by atoms with Crippen LogP contribution in [0.5, 0.6) is 0 Å². The van der Waals surface area contributed by atoms with Gasteiger partial charge in [-0.25, -0.2) is 0 Å². The molecule has 0 bridgehead atoms. The number of aryl methyl sites for hydroxylation is 1. The summed E-state index contributed by atoms with van der Waals surface area (Å²) in [6.45, 7) is 5.00. The Morgan fingerprint density at radius 3 is 2.71 bits per heavy atom. The molecule has 0 unspecified atom stereocenters. The van der Waals surface area contributed by atoms with Crippen LogP contribution in [0.3, 0.4) is 0 Å². The van der Waals surface area contributed by atoms with Crippen molar-refractivity contribution in [3.63, 3.8) is 0 Å². The van der Waals surface area contributed by atoms with Gasteiger partial charge < -0.3 is 9.88 Å². The van der Waals surface area contributed by atoms with E-state index in [-0.39, 0.29) is 11.5 Å². The number of carbonyl (C=O) groups is 1. The molecule has 2 aliphatic rings. The van der Waals surface area contributed by atoms with Gasteiger partial charge in [0.1, 0.15) is 0 Å². The molecule has 0 spiro atoms. The predicted molar refractivity (Wildman–Crippen MR) is 94.0 cm³/mol. The Morgan fingerprint density at radius 2 is 2.00 bits per heavy atom. The molecule has 5 nitrogen and oxygen atoms in total. The molecule has 2 fully saturated rings. The molecule has 126 valence electrons. The summed E-state index contributed by atoms with van der Waals surface area (Å²) in [7, 11) is 0. The van der Waals surface area contributed by atoms with E-state index in [1.54, 1.807) is 0 Å². The van der Waals surface area contributed by atoms with Gasteiger partial charge in [0.15, 0.2) is 0 Å². The van der Waals surface area contributed by atoms with Crippen molar-refractivity contribution in [2.75, 3.05) is 19.6 Å². The molecule has 1 saturated heterocycles. The van der Waals surface area contributed by atoms with E-state index in [0.717, 1.165) is 48.1 Å². The van der Waals surface area contributed by atoms with E-state index in [2.05, 4.69) is 22.0 Å². The number of H-pyrrole nitrogens is 1. The zero-order valence-electron chi connectivity index (χ0n) is 14.0. The second-order valence-corrected chi connectivity index (χ2v) is 6.93. The van der Waals surface area contributed by atoms with Gasteiger partial charge in [0.2, 0.25) is 5.91 Å². The maximum absolute atomic E-state index is 12.2. The Hall–Kier alpha value is -2.14. The highest BCUT2D eigenvalue weighted by atomic mass is 16.2. The van der Waals surface area contributed by atoms with Gasteiger partial charge in [-0.2, -0.15) is 0 Å². The Labute approximate surface area is 141 Å². The number of fused-ring (bicyclic) bond motifs is 1. The molecule has 2 aromatic rings. The number of pyridine rings is 1. The molecule has 0 radical (unpaired) electrons. The lowest BCUT2D eigenvalue weighted by Crippen LogP contribution is -2.50. The maximum atomic E-state index is 12.2. The van der Waals surface area contributed by atoms with Crippen molar-refractivity contribution in [2.24, 2.45) is 0 Å².